The Morgan fingerprint density at radius 1 is 1.03 bits per heavy atom. The number of halogens is 2. The van der Waals surface area contributed by atoms with E-state index in [1.807, 2.05) is 17.2 Å². The van der Waals surface area contributed by atoms with Crippen LogP contribution >= 0.6 is 0 Å². The second kappa shape index (κ2) is 9.79. The molecule has 39 heavy (non-hydrogen) atoms. The summed E-state index contributed by atoms with van der Waals surface area (Å²) in [6, 6.07) is 8.49. The minimum Gasteiger partial charge on any atom is -0.378 e. The highest BCUT2D eigenvalue weighted by atomic mass is 19.3. The van der Waals surface area contributed by atoms with E-state index in [-0.39, 0.29) is 19.1 Å². The van der Waals surface area contributed by atoms with E-state index in [1.165, 1.54) is 0 Å². The third-order valence-electron chi connectivity index (χ3n) is 8.43. The van der Waals surface area contributed by atoms with Gasteiger partial charge in [-0.2, -0.15) is 0 Å². The lowest BCUT2D eigenvalue weighted by atomic mass is 9.98. The third-order valence-corrected chi connectivity index (χ3v) is 8.43. The number of morpholine rings is 1. The molecule has 0 bridgehead atoms. The van der Waals surface area contributed by atoms with Crippen molar-refractivity contribution in [1.82, 2.24) is 34.3 Å². The summed E-state index contributed by atoms with van der Waals surface area (Å²) in [4.78, 5) is 25.2. The van der Waals surface area contributed by atoms with E-state index in [1.54, 1.807) is 0 Å². The van der Waals surface area contributed by atoms with Crippen LogP contribution in [0.4, 0.5) is 14.6 Å². The van der Waals surface area contributed by atoms with Crippen LogP contribution in [0.5, 0.6) is 0 Å². The molecule has 0 radical (unpaired) electrons. The first-order chi connectivity index (χ1) is 19.0. The molecule has 0 spiro atoms. The van der Waals surface area contributed by atoms with Crippen LogP contribution in [0.3, 0.4) is 0 Å². The van der Waals surface area contributed by atoms with Crippen molar-refractivity contribution in [3.63, 3.8) is 0 Å². The lowest BCUT2D eigenvalue weighted by molar-refractivity contribution is -0.151. The van der Waals surface area contributed by atoms with E-state index in [9.17, 15) is 8.78 Å². The van der Waals surface area contributed by atoms with Crippen molar-refractivity contribution in [3.05, 3.63) is 36.3 Å². The largest absolute Gasteiger partial charge is 0.378 e. The number of hydrogen-bond donors (Lipinski definition) is 1. The van der Waals surface area contributed by atoms with Gasteiger partial charge in [-0.05, 0) is 31.9 Å². The van der Waals surface area contributed by atoms with Gasteiger partial charge in [0.1, 0.15) is 5.82 Å². The highest BCUT2D eigenvalue weighted by Crippen LogP contribution is 2.34. The van der Waals surface area contributed by atoms with Gasteiger partial charge in [0.2, 0.25) is 0 Å². The number of rotatable bonds is 6. The van der Waals surface area contributed by atoms with Gasteiger partial charge in [0.15, 0.2) is 22.8 Å². The predicted molar refractivity (Wildman–Crippen MR) is 146 cm³/mol. The summed E-state index contributed by atoms with van der Waals surface area (Å²) in [5.41, 5.74) is 3.73. The maximum Gasteiger partial charge on any atom is 0.272 e. The van der Waals surface area contributed by atoms with E-state index in [4.69, 9.17) is 19.7 Å². The number of aromatic nitrogens is 5. The van der Waals surface area contributed by atoms with Gasteiger partial charge in [-0.25, -0.2) is 23.7 Å². The molecule has 6 heterocycles. The lowest BCUT2D eigenvalue weighted by Crippen LogP contribution is -2.61. The Bertz CT molecular complexity index is 1480. The molecule has 206 valence electrons. The van der Waals surface area contributed by atoms with Crippen LogP contribution < -0.4 is 4.90 Å². The number of alkyl halides is 2. The zero-order chi connectivity index (χ0) is 26.6. The Morgan fingerprint density at radius 2 is 1.82 bits per heavy atom. The van der Waals surface area contributed by atoms with Crippen LogP contribution in [0.15, 0.2) is 30.5 Å². The Morgan fingerprint density at radius 3 is 2.56 bits per heavy atom. The highest BCUT2D eigenvalue weighted by molar-refractivity contribution is 5.95. The average Bonchev–Trinajstić information content (AvgIpc) is 3.56. The maximum atomic E-state index is 13.4. The molecule has 1 aromatic carbocycles. The number of hydrogen-bond acceptors (Lipinski definition) is 7. The molecule has 1 N–H and O–H groups in total. The lowest BCUT2D eigenvalue weighted by Gasteiger charge is -2.46. The number of nitrogens with zero attached hydrogens (tertiary/aromatic N) is 7. The number of piperidine rings is 1. The maximum absolute atomic E-state index is 13.4. The number of imidazole rings is 1. The van der Waals surface area contributed by atoms with E-state index in [2.05, 4.69) is 44.5 Å². The molecule has 7 rings (SSSR count). The van der Waals surface area contributed by atoms with Crippen molar-refractivity contribution in [2.24, 2.45) is 0 Å². The van der Waals surface area contributed by atoms with E-state index < -0.39 is 5.92 Å². The number of likely N-dealkylation sites (tertiary alicyclic amines) is 2. The molecule has 11 heteroatoms. The fourth-order valence-corrected chi connectivity index (χ4v) is 6.33. The Balaban J connectivity index is 1.22. The molecule has 3 aliphatic rings. The monoisotopic (exact) mass is 536 g/mol. The highest BCUT2D eigenvalue weighted by Gasteiger charge is 2.46. The fraction of sp³-hybridized carbons (Fsp3) is 0.536. The molecule has 0 aliphatic carbocycles. The first-order valence-electron chi connectivity index (χ1n) is 14.0. The summed E-state index contributed by atoms with van der Waals surface area (Å²) in [5, 5.41) is 1.09. The van der Waals surface area contributed by atoms with Gasteiger partial charge in [0, 0.05) is 61.4 Å². The third kappa shape index (κ3) is 4.56. The van der Waals surface area contributed by atoms with Crippen LogP contribution in [0, 0.1) is 0 Å². The average molecular weight is 537 g/mol. The van der Waals surface area contributed by atoms with Gasteiger partial charge in [0.05, 0.1) is 32.8 Å². The van der Waals surface area contributed by atoms with Crippen LogP contribution in [0.25, 0.3) is 33.5 Å². The summed E-state index contributed by atoms with van der Waals surface area (Å²) in [5.74, 6) is 0.0230. The second-order valence-electron chi connectivity index (χ2n) is 10.9. The van der Waals surface area contributed by atoms with Crippen LogP contribution in [-0.4, -0.2) is 98.7 Å². The molecule has 0 saturated carbocycles. The van der Waals surface area contributed by atoms with Crippen molar-refractivity contribution in [3.8, 4) is 11.4 Å². The zero-order valence-electron chi connectivity index (χ0n) is 22.2. The molecular weight excluding hydrogens is 502 g/mol. The molecule has 4 aromatic rings. The van der Waals surface area contributed by atoms with Crippen molar-refractivity contribution < 1.29 is 13.5 Å². The number of aromatic amines is 1. The van der Waals surface area contributed by atoms with E-state index in [0.29, 0.717) is 25.6 Å². The summed E-state index contributed by atoms with van der Waals surface area (Å²) in [6.07, 6.45) is 3.76. The molecular formula is C28H34F2N8O. The molecule has 3 fully saturated rings. The first kappa shape index (κ1) is 24.9. The van der Waals surface area contributed by atoms with Crippen LogP contribution in [-0.2, 0) is 17.8 Å². The van der Waals surface area contributed by atoms with Crippen LogP contribution in [0.2, 0.25) is 0 Å². The van der Waals surface area contributed by atoms with Crippen molar-refractivity contribution in [1.29, 1.82) is 0 Å². The van der Waals surface area contributed by atoms with E-state index in [0.717, 1.165) is 84.8 Å². The summed E-state index contributed by atoms with van der Waals surface area (Å²) < 4.78 is 34.6. The van der Waals surface area contributed by atoms with Gasteiger partial charge >= 0.3 is 0 Å². The van der Waals surface area contributed by atoms with Gasteiger partial charge in [-0.1, -0.05) is 12.1 Å². The number of benzene rings is 1. The Labute approximate surface area is 225 Å². The minimum absolute atomic E-state index is 0.0922. The molecule has 3 saturated heterocycles. The topological polar surface area (TPSA) is 78.3 Å². The van der Waals surface area contributed by atoms with Crippen molar-refractivity contribution >= 4 is 27.9 Å². The van der Waals surface area contributed by atoms with Crippen molar-refractivity contribution in [2.75, 3.05) is 57.4 Å². The Kier molecular flexibility index (Phi) is 6.24. The van der Waals surface area contributed by atoms with E-state index >= 15 is 0 Å². The van der Waals surface area contributed by atoms with Crippen molar-refractivity contribution in [2.45, 2.75) is 44.8 Å². The minimum atomic E-state index is -2.51. The summed E-state index contributed by atoms with van der Waals surface area (Å²) in [6.45, 7) is 8.00. The molecule has 3 aliphatic heterocycles. The number of fused-ring (bicyclic) bond motifs is 2. The first-order valence-corrected chi connectivity index (χ1v) is 14.0. The molecule has 0 unspecified atom stereocenters. The second-order valence-corrected chi connectivity index (χ2v) is 10.9. The normalized spacial score (nSPS) is 21.2. The smallest absolute Gasteiger partial charge is 0.272 e. The quantitative estimate of drug-likeness (QED) is 0.402. The standard InChI is InChI=1S/C28H34F2N8O/c1-2-38-23(16-35-10-7-19(8-11-35)37-17-28(29,30)18-37)32-24-26(36-12-14-39-15-13-36)33-25(34-27(24)38)21-4-3-5-22-20(21)6-9-31-22/h3-6,9,19,31H,2,7-8,10-18H2,1H3. The zero-order valence-corrected chi connectivity index (χ0v) is 22.2. The molecule has 0 amide bonds. The number of aryl methyl sites for hydroxylation is 1. The van der Waals surface area contributed by atoms with Gasteiger partial charge in [-0.15, -0.1) is 0 Å². The SMILES string of the molecule is CCn1c(CN2CCC(N3CC(F)(F)C3)CC2)nc2c(N3CCOCC3)nc(-c3cccc4[nH]ccc34)nc21. The van der Waals surface area contributed by atoms with Gasteiger partial charge < -0.3 is 19.2 Å². The molecule has 9 nitrogen and oxygen atoms in total. The van der Waals surface area contributed by atoms with Gasteiger partial charge in [-0.3, -0.25) is 9.80 Å². The molecule has 0 atom stereocenters. The Hall–Kier alpha value is -3.15. The van der Waals surface area contributed by atoms with Gasteiger partial charge in [0.25, 0.3) is 5.92 Å². The fourth-order valence-electron chi connectivity index (χ4n) is 6.33. The number of nitrogens with one attached hydrogen (secondary N) is 1. The number of H-pyrrole nitrogens is 1. The summed E-state index contributed by atoms with van der Waals surface area (Å²) >= 11 is 0. The number of ether oxygens (including phenoxy) is 1. The summed E-state index contributed by atoms with van der Waals surface area (Å²) in [7, 11) is 0. The predicted octanol–water partition coefficient (Wildman–Crippen LogP) is 3.75. The number of anilines is 1. The molecule has 3 aromatic heterocycles. The van der Waals surface area contributed by atoms with Crippen LogP contribution in [0.1, 0.15) is 25.6 Å².